The molecular formula is C54H65Cl5N8O8. The van der Waals surface area contributed by atoms with Gasteiger partial charge in [-0.1, -0.05) is 58.5 Å². The van der Waals surface area contributed by atoms with Crippen LogP contribution in [0.2, 0.25) is 20.1 Å². The van der Waals surface area contributed by atoms with Gasteiger partial charge in [-0.05, 0) is 120 Å². The van der Waals surface area contributed by atoms with E-state index in [4.69, 9.17) is 72.6 Å². The van der Waals surface area contributed by atoms with Gasteiger partial charge in [-0.3, -0.25) is 14.5 Å². The second-order valence-electron chi connectivity index (χ2n) is 19.8. The van der Waals surface area contributed by atoms with E-state index in [1.165, 1.54) is 27.3 Å². The number of aryl methyl sites for hydroxylation is 2. The molecule has 4 amide bonds. The summed E-state index contributed by atoms with van der Waals surface area (Å²) in [6, 6.07) is 23.5. The molecule has 2 atom stereocenters. The van der Waals surface area contributed by atoms with Crippen molar-refractivity contribution in [3.63, 3.8) is 0 Å². The molecule has 3 N–H and O–H groups in total. The van der Waals surface area contributed by atoms with E-state index in [-0.39, 0.29) is 67.4 Å². The first-order chi connectivity index (χ1) is 36.0. The van der Waals surface area contributed by atoms with Gasteiger partial charge in [0.05, 0.1) is 30.8 Å². The molecule has 0 bridgehead atoms. The number of rotatable bonds is 11. The highest BCUT2D eigenvalue weighted by atomic mass is 35.5. The fraction of sp³-hybridized carbons (Fsp3) is 0.481. The highest BCUT2D eigenvalue weighted by Gasteiger charge is 2.34. The average Bonchev–Trinajstić information content (AvgIpc) is 4.01. The van der Waals surface area contributed by atoms with Crippen molar-refractivity contribution in [2.45, 2.75) is 63.2 Å². The highest BCUT2D eigenvalue weighted by molar-refractivity contribution is 6.35. The highest BCUT2D eigenvalue weighted by Crippen LogP contribution is 2.39. The monoisotopic (exact) mass is 1130 g/mol. The summed E-state index contributed by atoms with van der Waals surface area (Å²) < 4.78 is 11.1. The van der Waals surface area contributed by atoms with Crippen molar-refractivity contribution < 1.29 is 38.9 Å². The molecular weight excluding hydrogens is 1070 g/mol. The summed E-state index contributed by atoms with van der Waals surface area (Å²) in [6.45, 7) is 9.74. The molecule has 4 aliphatic heterocycles. The molecule has 0 spiro atoms. The number of likely N-dealkylation sites (tertiary alicyclic amines) is 2. The molecule has 2 unspecified atom stereocenters. The van der Waals surface area contributed by atoms with Crippen LogP contribution in [0.15, 0.2) is 72.8 Å². The van der Waals surface area contributed by atoms with Gasteiger partial charge in [0, 0.05) is 124 Å². The molecule has 16 nitrogen and oxygen atoms in total. The van der Waals surface area contributed by atoms with Crippen LogP contribution >= 0.6 is 58.0 Å². The lowest BCUT2D eigenvalue weighted by Gasteiger charge is -2.40. The number of fused-ring (bicyclic) bond motifs is 2. The Labute approximate surface area is 463 Å². The average molecular weight is 1130 g/mol. The number of benzene rings is 4. The van der Waals surface area contributed by atoms with Crippen molar-refractivity contribution >= 4 is 93.4 Å². The Bertz CT molecular complexity index is 2620. The van der Waals surface area contributed by atoms with Crippen molar-refractivity contribution in [3.8, 4) is 0 Å². The summed E-state index contributed by atoms with van der Waals surface area (Å²) >= 11 is 29.4. The van der Waals surface area contributed by atoms with E-state index >= 15 is 0 Å². The number of nitrogens with zero attached hydrogens (tertiary/aromatic N) is 7. The van der Waals surface area contributed by atoms with E-state index in [2.05, 4.69) is 56.4 Å². The first-order valence-corrected chi connectivity index (χ1v) is 27.4. The standard InChI is InChI=1S/C27H32Cl2N4O4.C22H25Cl2N3O2.C5H8ClNO2/c1-30(27(36)37-17-18-10-20(28)12-21(29)11-18)25-5-3-19-2-4-22(13-24(19)25)32-8-6-31(7-9-32)16-26(35)33-14-23(34)15-33;1-26(22(28)29-14-15-10-17(23)12-18(24)11-15)21-5-3-16-2-4-19(13-20(16)21)27-8-6-25-7-9-27;6-1-5(9)7-2-4(8)3-7/h2,4,10-13,23,25,34H,3,5-9,14-17H2,1H3;2,4,10-13,21,25H,3,5-9,14H2,1H3;4,8H,1-3H2. The molecule has 21 heteroatoms. The molecule has 2 aliphatic carbocycles. The number of ether oxygens (including phenoxy) is 2. The van der Waals surface area contributed by atoms with Gasteiger partial charge in [0.25, 0.3) is 0 Å². The number of hydrogen-bond acceptors (Lipinski definition) is 12. The SMILES string of the molecule is CN(C(=O)OCc1cc(Cl)cc(Cl)c1)C1CCc2ccc(N3CCN(CC(=O)N4CC(O)C4)CC3)cc21.CN(C(=O)OCc1cc(Cl)cc(Cl)c1)C1CCc2ccc(N3CCNCC3)cc21.O=C(CCl)N1CC(O)C1. The first-order valence-electron chi connectivity index (χ1n) is 25.4. The lowest BCUT2D eigenvalue weighted by atomic mass is 10.1. The number of β-amino-alcohol motifs (C(OH)–C–C–N with tert-alkyl or cyclic N) is 2. The number of carbonyl (C=O) groups is 4. The number of piperazine rings is 2. The van der Waals surface area contributed by atoms with Crippen LogP contribution in [-0.2, 0) is 45.1 Å². The van der Waals surface area contributed by atoms with Crippen LogP contribution in [0.5, 0.6) is 0 Å². The largest absolute Gasteiger partial charge is 0.445 e. The zero-order valence-corrected chi connectivity index (χ0v) is 46.0. The van der Waals surface area contributed by atoms with Gasteiger partial charge in [-0.2, -0.15) is 0 Å². The number of nitrogens with one attached hydrogen (secondary N) is 1. The fourth-order valence-electron chi connectivity index (χ4n) is 10.3. The minimum atomic E-state index is -0.382. The van der Waals surface area contributed by atoms with Crippen molar-refractivity contribution in [2.75, 3.05) is 115 Å². The number of aliphatic hydroxyl groups is 2. The van der Waals surface area contributed by atoms with Crippen LogP contribution < -0.4 is 15.1 Å². The van der Waals surface area contributed by atoms with E-state index in [1.807, 2.05) is 7.05 Å². The molecule has 4 heterocycles. The second kappa shape index (κ2) is 26.1. The summed E-state index contributed by atoms with van der Waals surface area (Å²) in [6.07, 6.45) is 2.25. The van der Waals surface area contributed by atoms with Crippen LogP contribution in [0.1, 0.15) is 58.3 Å². The Morgan fingerprint density at radius 3 is 1.41 bits per heavy atom. The normalized spacial score (nSPS) is 19.3. The summed E-state index contributed by atoms with van der Waals surface area (Å²) in [7, 11) is 3.59. The summed E-state index contributed by atoms with van der Waals surface area (Å²) in [4.78, 5) is 62.0. The van der Waals surface area contributed by atoms with Gasteiger partial charge in [0.15, 0.2) is 0 Å². The van der Waals surface area contributed by atoms with Gasteiger partial charge >= 0.3 is 12.2 Å². The van der Waals surface area contributed by atoms with Crippen molar-refractivity contribution in [2.24, 2.45) is 0 Å². The molecule has 4 fully saturated rings. The summed E-state index contributed by atoms with van der Waals surface area (Å²) in [5, 5.41) is 23.6. The third-order valence-corrected chi connectivity index (χ3v) is 15.7. The Kier molecular flexibility index (Phi) is 19.6. The number of aliphatic hydroxyl groups excluding tert-OH is 2. The number of carbonyl (C=O) groups excluding carboxylic acids is 4. The minimum absolute atomic E-state index is 0.0206. The van der Waals surface area contributed by atoms with Crippen LogP contribution in [0.3, 0.4) is 0 Å². The Morgan fingerprint density at radius 1 is 0.587 bits per heavy atom. The fourth-order valence-corrected chi connectivity index (χ4v) is 11.6. The molecule has 75 heavy (non-hydrogen) atoms. The third kappa shape index (κ3) is 14.8. The van der Waals surface area contributed by atoms with Crippen LogP contribution in [0.25, 0.3) is 0 Å². The molecule has 4 saturated heterocycles. The number of halogens is 5. The van der Waals surface area contributed by atoms with Crippen LogP contribution in [0.4, 0.5) is 21.0 Å². The molecule has 4 aromatic carbocycles. The number of alkyl halides is 1. The quantitative estimate of drug-likeness (QED) is 0.126. The first kappa shape index (κ1) is 56.5. The van der Waals surface area contributed by atoms with E-state index < -0.39 is 0 Å². The summed E-state index contributed by atoms with van der Waals surface area (Å²) in [5.74, 6) is 0.0154. The predicted octanol–water partition coefficient (Wildman–Crippen LogP) is 7.66. The zero-order chi connectivity index (χ0) is 53.3. The van der Waals surface area contributed by atoms with E-state index in [0.29, 0.717) is 52.8 Å². The predicted molar refractivity (Wildman–Crippen MR) is 293 cm³/mol. The number of hydrogen-bond donors (Lipinski definition) is 3. The molecule has 0 radical (unpaired) electrons. The Balaban J connectivity index is 0.000000174. The van der Waals surface area contributed by atoms with Gasteiger partial charge in [0.2, 0.25) is 11.8 Å². The van der Waals surface area contributed by atoms with Crippen molar-refractivity contribution in [1.29, 1.82) is 0 Å². The van der Waals surface area contributed by atoms with Crippen molar-refractivity contribution in [3.05, 3.63) is 126 Å². The van der Waals surface area contributed by atoms with Crippen molar-refractivity contribution in [1.82, 2.24) is 29.8 Å². The number of anilines is 2. The number of amides is 4. The van der Waals surface area contributed by atoms with E-state index in [9.17, 15) is 24.3 Å². The maximum Gasteiger partial charge on any atom is 0.410 e. The minimum Gasteiger partial charge on any atom is -0.445 e. The molecule has 0 saturated carbocycles. The van der Waals surface area contributed by atoms with Gasteiger partial charge in [0.1, 0.15) is 19.1 Å². The second-order valence-corrected chi connectivity index (χ2v) is 21.8. The lowest BCUT2D eigenvalue weighted by molar-refractivity contribution is -0.142. The zero-order valence-electron chi connectivity index (χ0n) is 42.2. The molecule has 0 aromatic heterocycles. The van der Waals surface area contributed by atoms with Gasteiger partial charge in [-0.25, -0.2) is 9.59 Å². The Hall–Kier alpha value is -4.75. The lowest BCUT2D eigenvalue weighted by Crippen LogP contribution is -2.57. The van der Waals surface area contributed by atoms with Gasteiger partial charge in [-0.15, -0.1) is 11.6 Å². The topological polar surface area (TPSA) is 162 Å². The maximum atomic E-state index is 12.9. The molecule has 6 aliphatic rings. The van der Waals surface area contributed by atoms with Crippen LogP contribution in [-0.4, -0.2) is 176 Å². The van der Waals surface area contributed by atoms with Gasteiger partial charge < -0.3 is 54.4 Å². The maximum absolute atomic E-state index is 12.9. The Morgan fingerprint density at radius 2 is 1.00 bits per heavy atom. The summed E-state index contributed by atoms with van der Waals surface area (Å²) in [5.41, 5.74) is 8.85. The molecule has 404 valence electrons. The van der Waals surface area contributed by atoms with E-state index in [1.54, 1.807) is 58.1 Å². The van der Waals surface area contributed by atoms with E-state index in [0.717, 1.165) is 100 Å². The molecule has 4 aromatic rings. The third-order valence-electron chi connectivity index (χ3n) is 14.6. The smallest absolute Gasteiger partial charge is 0.410 e. The van der Waals surface area contributed by atoms with Crippen LogP contribution in [0, 0.1) is 0 Å². The molecule has 10 rings (SSSR count).